The smallest absolute Gasteiger partial charge is 0.295 e. The molecule has 0 radical (unpaired) electrons. The fourth-order valence-electron chi connectivity index (χ4n) is 4.35. The predicted molar refractivity (Wildman–Crippen MR) is 132 cm³/mol. The van der Waals surface area contributed by atoms with Crippen LogP contribution in [0, 0.1) is 6.92 Å². The molecule has 0 aliphatic carbocycles. The van der Waals surface area contributed by atoms with Crippen molar-refractivity contribution in [3.05, 3.63) is 58.2 Å². The first kappa shape index (κ1) is 26.1. The number of carbonyl (C=O) groups excluding carboxylic acids is 2. The Hall–Kier alpha value is -3.52. The maximum Gasteiger partial charge on any atom is 0.295 e. The van der Waals surface area contributed by atoms with Crippen LogP contribution in [0.5, 0.6) is 17.2 Å². The maximum absolute atomic E-state index is 13.3. The summed E-state index contributed by atoms with van der Waals surface area (Å²) in [6, 6.07) is 7.38. The van der Waals surface area contributed by atoms with Crippen LogP contribution in [0.25, 0.3) is 5.76 Å². The van der Waals surface area contributed by atoms with Crippen molar-refractivity contribution < 1.29 is 34.0 Å². The SMILES string of the molecule is CCOc1cc(C2/C(=C(\O)c3cc(C(C)C)c(OC)cc3C)C(=O)C(=O)N2CCOC)ccc1O. The van der Waals surface area contributed by atoms with Crippen molar-refractivity contribution in [3.8, 4) is 17.2 Å². The molecular formula is C27H33NO7. The van der Waals surface area contributed by atoms with Gasteiger partial charge in [0.1, 0.15) is 11.5 Å². The Morgan fingerprint density at radius 2 is 1.83 bits per heavy atom. The molecule has 188 valence electrons. The summed E-state index contributed by atoms with van der Waals surface area (Å²) in [6.07, 6.45) is 0. The van der Waals surface area contributed by atoms with E-state index in [2.05, 4.69) is 0 Å². The van der Waals surface area contributed by atoms with Crippen molar-refractivity contribution >= 4 is 17.4 Å². The number of aromatic hydroxyl groups is 1. The molecular weight excluding hydrogens is 450 g/mol. The van der Waals surface area contributed by atoms with E-state index in [9.17, 15) is 19.8 Å². The molecule has 2 aromatic carbocycles. The average molecular weight is 484 g/mol. The second-order valence-electron chi connectivity index (χ2n) is 8.71. The van der Waals surface area contributed by atoms with Gasteiger partial charge in [-0.3, -0.25) is 9.59 Å². The van der Waals surface area contributed by atoms with Crippen molar-refractivity contribution in [1.82, 2.24) is 4.90 Å². The number of ketones is 1. The fourth-order valence-corrected chi connectivity index (χ4v) is 4.35. The van der Waals surface area contributed by atoms with Crippen LogP contribution in [0.1, 0.15) is 55.0 Å². The molecule has 3 rings (SSSR count). The predicted octanol–water partition coefficient (Wildman–Crippen LogP) is 4.30. The van der Waals surface area contributed by atoms with Crippen molar-refractivity contribution in [2.75, 3.05) is 34.0 Å². The van der Waals surface area contributed by atoms with Crippen molar-refractivity contribution in [3.63, 3.8) is 0 Å². The third-order valence-electron chi connectivity index (χ3n) is 6.13. The molecule has 1 atom stereocenters. The Labute approximate surface area is 205 Å². The summed E-state index contributed by atoms with van der Waals surface area (Å²) in [4.78, 5) is 27.7. The summed E-state index contributed by atoms with van der Waals surface area (Å²) in [6.45, 7) is 8.29. The zero-order valence-electron chi connectivity index (χ0n) is 21.0. The second-order valence-corrected chi connectivity index (χ2v) is 8.71. The van der Waals surface area contributed by atoms with Gasteiger partial charge in [-0.25, -0.2) is 0 Å². The average Bonchev–Trinajstić information content (AvgIpc) is 3.08. The minimum absolute atomic E-state index is 0.0257. The number of methoxy groups -OCH3 is 2. The van der Waals surface area contributed by atoms with Crippen molar-refractivity contribution in [2.45, 2.75) is 39.7 Å². The minimum Gasteiger partial charge on any atom is -0.507 e. The number of nitrogens with zero attached hydrogens (tertiary/aromatic N) is 1. The summed E-state index contributed by atoms with van der Waals surface area (Å²) in [5.74, 6) is -0.817. The monoisotopic (exact) mass is 483 g/mol. The van der Waals surface area contributed by atoms with Crippen LogP contribution >= 0.6 is 0 Å². The number of amides is 1. The molecule has 0 spiro atoms. The highest BCUT2D eigenvalue weighted by atomic mass is 16.5. The van der Waals surface area contributed by atoms with Gasteiger partial charge in [0.05, 0.1) is 31.9 Å². The summed E-state index contributed by atoms with van der Waals surface area (Å²) in [7, 11) is 3.09. The maximum atomic E-state index is 13.3. The standard InChI is InChI=1S/C27H33NO7/c1-7-35-22-13-17(8-9-20(22)29)24-23(26(31)27(32)28(24)10-11-33-5)25(30)19-14-18(15(2)3)21(34-6)12-16(19)4/h8-9,12-15,24,29-30H,7,10-11H2,1-6H3/b25-23+. The third-order valence-corrected chi connectivity index (χ3v) is 6.13. The molecule has 1 heterocycles. The van der Waals surface area contributed by atoms with Gasteiger partial charge in [0.15, 0.2) is 11.5 Å². The Morgan fingerprint density at radius 1 is 1.11 bits per heavy atom. The highest BCUT2D eigenvalue weighted by Crippen LogP contribution is 2.43. The van der Waals surface area contributed by atoms with E-state index >= 15 is 0 Å². The first-order chi connectivity index (χ1) is 16.7. The molecule has 0 saturated carbocycles. The van der Waals surface area contributed by atoms with Gasteiger partial charge in [0, 0.05) is 19.2 Å². The van der Waals surface area contributed by atoms with Crippen LogP contribution in [-0.2, 0) is 14.3 Å². The Bertz CT molecular complexity index is 1150. The third kappa shape index (κ3) is 4.98. The van der Waals surface area contributed by atoms with Gasteiger partial charge in [-0.05, 0) is 60.7 Å². The highest BCUT2D eigenvalue weighted by Gasteiger charge is 2.46. The number of phenolic OH excluding ortho intramolecular Hbond substituents is 1. The van der Waals surface area contributed by atoms with Gasteiger partial charge in [-0.15, -0.1) is 0 Å². The number of aliphatic hydroxyl groups is 1. The normalized spacial score (nSPS) is 17.3. The number of phenols is 1. The number of aryl methyl sites for hydroxylation is 1. The molecule has 8 heteroatoms. The molecule has 1 aliphatic rings. The van der Waals surface area contributed by atoms with Crippen LogP contribution in [0.4, 0.5) is 0 Å². The number of Topliss-reactive ketones (excluding diaryl/α,β-unsaturated/α-hetero) is 1. The molecule has 0 bridgehead atoms. The lowest BCUT2D eigenvalue weighted by Crippen LogP contribution is -2.32. The molecule has 2 N–H and O–H groups in total. The summed E-state index contributed by atoms with van der Waals surface area (Å²) < 4.78 is 16.2. The lowest BCUT2D eigenvalue weighted by Gasteiger charge is -2.26. The number of benzene rings is 2. The second kappa shape index (κ2) is 10.8. The van der Waals surface area contributed by atoms with Crippen LogP contribution < -0.4 is 9.47 Å². The number of hydrogen-bond acceptors (Lipinski definition) is 7. The van der Waals surface area contributed by atoms with Crippen molar-refractivity contribution in [1.29, 1.82) is 0 Å². The molecule has 0 aromatic heterocycles. The first-order valence-corrected chi connectivity index (χ1v) is 11.6. The van der Waals surface area contributed by atoms with Crippen LogP contribution in [0.3, 0.4) is 0 Å². The summed E-state index contributed by atoms with van der Waals surface area (Å²) >= 11 is 0. The zero-order valence-corrected chi connectivity index (χ0v) is 21.0. The van der Waals surface area contributed by atoms with E-state index in [4.69, 9.17) is 14.2 Å². The molecule has 1 unspecified atom stereocenters. The van der Waals surface area contributed by atoms with E-state index in [-0.39, 0.29) is 41.9 Å². The van der Waals surface area contributed by atoms with Gasteiger partial charge in [-0.2, -0.15) is 0 Å². The lowest BCUT2D eigenvalue weighted by atomic mass is 9.91. The zero-order chi connectivity index (χ0) is 25.9. The van der Waals surface area contributed by atoms with Gasteiger partial charge in [0.25, 0.3) is 11.7 Å². The van der Waals surface area contributed by atoms with Gasteiger partial charge >= 0.3 is 0 Å². The quantitative estimate of drug-likeness (QED) is 0.311. The van der Waals surface area contributed by atoms with E-state index in [0.29, 0.717) is 29.0 Å². The molecule has 35 heavy (non-hydrogen) atoms. The number of carbonyl (C=O) groups is 2. The topological polar surface area (TPSA) is 106 Å². The lowest BCUT2D eigenvalue weighted by molar-refractivity contribution is -0.140. The van der Waals surface area contributed by atoms with E-state index in [1.807, 2.05) is 26.8 Å². The summed E-state index contributed by atoms with van der Waals surface area (Å²) in [5, 5.41) is 21.7. The van der Waals surface area contributed by atoms with Gasteiger partial charge in [0.2, 0.25) is 0 Å². The molecule has 1 aliphatic heterocycles. The Balaban J connectivity index is 2.26. The van der Waals surface area contributed by atoms with E-state index in [1.165, 1.54) is 18.1 Å². The molecule has 1 amide bonds. The van der Waals surface area contributed by atoms with Crippen LogP contribution in [0.15, 0.2) is 35.9 Å². The largest absolute Gasteiger partial charge is 0.507 e. The number of rotatable bonds is 9. The number of hydrogen-bond donors (Lipinski definition) is 2. The number of aliphatic hydroxyl groups excluding tert-OH is 1. The molecule has 8 nitrogen and oxygen atoms in total. The van der Waals surface area contributed by atoms with Crippen LogP contribution in [-0.4, -0.2) is 60.8 Å². The Morgan fingerprint density at radius 3 is 2.43 bits per heavy atom. The molecule has 2 aromatic rings. The minimum atomic E-state index is -0.881. The molecule has 1 saturated heterocycles. The van der Waals surface area contributed by atoms with Crippen molar-refractivity contribution in [2.24, 2.45) is 0 Å². The van der Waals surface area contributed by atoms with Gasteiger partial charge in [-0.1, -0.05) is 19.9 Å². The number of ether oxygens (including phenoxy) is 3. The number of likely N-dealkylation sites (tertiary alicyclic amines) is 1. The Kier molecular flexibility index (Phi) is 8.07. The van der Waals surface area contributed by atoms with E-state index < -0.39 is 17.7 Å². The molecule has 1 fully saturated rings. The van der Waals surface area contributed by atoms with E-state index in [0.717, 1.165) is 5.56 Å². The fraction of sp³-hybridized carbons (Fsp3) is 0.407. The van der Waals surface area contributed by atoms with Crippen LogP contribution in [0.2, 0.25) is 0 Å². The first-order valence-electron chi connectivity index (χ1n) is 11.6. The highest BCUT2D eigenvalue weighted by molar-refractivity contribution is 6.46. The summed E-state index contributed by atoms with van der Waals surface area (Å²) in [5.41, 5.74) is 2.52. The van der Waals surface area contributed by atoms with Gasteiger partial charge < -0.3 is 29.3 Å². The van der Waals surface area contributed by atoms with E-state index in [1.54, 1.807) is 32.2 Å².